The molecular formula is C19H21NO. The van der Waals surface area contributed by atoms with Crippen molar-refractivity contribution >= 4 is 5.78 Å². The van der Waals surface area contributed by atoms with Gasteiger partial charge >= 0.3 is 0 Å². The maximum absolute atomic E-state index is 12.2. The summed E-state index contributed by atoms with van der Waals surface area (Å²) in [6.07, 6.45) is 4.47. The summed E-state index contributed by atoms with van der Waals surface area (Å²) < 4.78 is 0. The van der Waals surface area contributed by atoms with Gasteiger partial charge in [-0.3, -0.25) is 4.79 Å². The third-order valence-corrected chi connectivity index (χ3v) is 4.14. The SMILES string of the molecule is O=C(CNCCc1ccccc1)c1ccc2c(c1)CCC2. The number of carbonyl (C=O) groups is 1. The van der Waals surface area contributed by atoms with Crippen LogP contribution < -0.4 is 5.32 Å². The summed E-state index contributed by atoms with van der Waals surface area (Å²) in [6.45, 7) is 1.26. The average molecular weight is 279 g/mol. The van der Waals surface area contributed by atoms with Gasteiger partial charge < -0.3 is 5.32 Å². The maximum atomic E-state index is 12.2. The second-order valence-electron chi connectivity index (χ2n) is 5.67. The molecular weight excluding hydrogens is 258 g/mol. The normalized spacial score (nSPS) is 13.1. The Morgan fingerprint density at radius 2 is 1.81 bits per heavy atom. The molecule has 1 N–H and O–H groups in total. The van der Waals surface area contributed by atoms with E-state index in [4.69, 9.17) is 0 Å². The average Bonchev–Trinajstić information content (AvgIpc) is 3.00. The van der Waals surface area contributed by atoms with Crippen LogP contribution >= 0.6 is 0 Å². The van der Waals surface area contributed by atoms with Gasteiger partial charge in [-0.1, -0.05) is 42.5 Å². The molecule has 0 radical (unpaired) electrons. The predicted octanol–water partition coefficient (Wildman–Crippen LogP) is 3.19. The predicted molar refractivity (Wildman–Crippen MR) is 85.8 cm³/mol. The fourth-order valence-electron chi connectivity index (χ4n) is 2.93. The molecule has 3 rings (SSSR count). The van der Waals surface area contributed by atoms with Crippen LogP contribution in [-0.2, 0) is 19.3 Å². The van der Waals surface area contributed by atoms with Crippen molar-refractivity contribution in [2.75, 3.05) is 13.1 Å². The molecule has 0 aromatic heterocycles. The Morgan fingerprint density at radius 1 is 1.00 bits per heavy atom. The highest BCUT2D eigenvalue weighted by molar-refractivity contribution is 5.97. The van der Waals surface area contributed by atoms with E-state index < -0.39 is 0 Å². The molecule has 2 aromatic rings. The van der Waals surface area contributed by atoms with Gasteiger partial charge in [-0.2, -0.15) is 0 Å². The Kier molecular flexibility index (Phi) is 4.46. The van der Waals surface area contributed by atoms with Crippen LogP contribution in [0.3, 0.4) is 0 Å². The van der Waals surface area contributed by atoms with Crippen LogP contribution in [0.5, 0.6) is 0 Å². The lowest BCUT2D eigenvalue weighted by atomic mass is 10.0. The molecule has 108 valence electrons. The molecule has 0 heterocycles. The zero-order chi connectivity index (χ0) is 14.5. The third-order valence-electron chi connectivity index (χ3n) is 4.14. The van der Waals surface area contributed by atoms with Crippen LogP contribution in [0.4, 0.5) is 0 Å². The van der Waals surface area contributed by atoms with Crippen LogP contribution in [0.1, 0.15) is 33.5 Å². The lowest BCUT2D eigenvalue weighted by Crippen LogP contribution is -2.25. The van der Waals surface area contributed by atoms with Gasteiger partial charge in [0.1, 0.15) is 0 Å². The number of nitrogens with one attached hydrogen (secondary N) is 1. The van der Waals surface area contributed by atoms with E-state index in [-0.39, 0.29) is 5.78 Å². The van der Waals surface area contributed by atoms with Gasteiger partial charge in [-0.15, -0.1) is 0 Å². The second-order valence-corrected chi connectivity index (χ2v) is 5.67. The molecule has 2 nitrogen and oxygen atoms in total. The summed E-state index contributed by atoms with van der Waals surface area (Å²) >= 11 is 0. The zero-order valence-electron chi connectivity index (χ0n) is 12.3. The number of carbonyl (C=O) groups excluding carboxylic acids is 1. The van der Waals surface area contributed by atoms with E-state index >= 15 is 0 Å². The van der Waals surface area contributed by atoms with E-state index in [1.54, 1.807) is 0 Å². The minimum absolute atomic E-state index is 0.192. The lowest BCUT2D eigenvalue weighted by Gasteiger charge is -2.06. The second kappa shape index (κ2) is 6.68. The van der Waals surface area contributed by atoms with E-state index in [0.717, 1.165) is 24.9 Å². The Balaban J connectivity index is 1.48. The Bertz CT molecular complexity index is 619. The number of hydrogen-bond donors (Lipinski definition) is 1. The topological polar surface area (TPSA) is 29.1 Å². The van der Waals surface area contributed by atoms with Crippen LogP contribution in [0.2, 0.25) is 0 Å². The zero-order valence-corrected chi connectivity index (χ0v) is 12.3. The fourth-order valence-corrected chi connectivity index (χ4v) is 2.93. The van der Waals surface area contributed by atoms with Crippen molar-refractivity contribution in [1.82, 2.24) is 5.32 Å². The number of fused-ring (bicyclic) bond motifs is 1. The largest absolute Gasteiger partial charge is 0.309 e. The fraction of sp³-hybridized carbons (Fsp3) is 0.316. The van der Waals surface area contributed by atoms with Crippen molar-refractivity contribution in [2.24, 2.45) is 0 Å². The first-order chi connectivity index (χ1) is 10.3. The molecule has 1 aliphatic carbocycles. The summed E-state index contributed by atoms with van der Waals surface area (Å²) in [4.78, 5) is 12.2. The summed E-state index contributed by atoms with van der Waals surface area (Å²) in [5, 5.41) is 3.25. The van der Waals surface area contributed by atoms with Gasteiger partial charge in [0.05, 0.1) is 6.54 Å². The van der Waals surface area contributed by atoms with Crippen LogP contribution in [0.15, 0.2) is 48.5 Å². The summed E-state index contributed by atoms with van der Waals surface area (Å²) in [7, 11) is 0. The first-order valence-electron chi connectivity index (χ1n) is 7.72. The highest BCUT2D eigenvalue weighted by atomic mass is 16.1. The number of Topliss-reactive ketones (excluding diaryl/α,β-unsaturated/α-hetero) is 1. The lowest BCUT2D eigenvalue weighted by molar-refractivity contribution is 0.0991. The quantitative estimate of drug-likeness (QED) is 0.650. The molecule has 0 bridgehead atoms. The first-order valence-corrected chi connectivity index (χ1v) is 7.72. The molecule has 21 heavy (non-hydrogen) atoms. The number of rotatable bonds is 6. The van der Waals surface area contributed by atoms with E-state index in [2.05, 4.69) is 29.6 Å². The van der Waals surface area contributed by atoms with Gasteiger partial charge in [-0.25, -0.2) is 0 Å². The highest BCUT2D eigenvalue weighted by Crippen LogP contribution is 2.22. The van der Waals surface area contributed by atoms with Gasteiger partial charge in [0, 0.05) is 5.56 Å². The summed E-state index contributed by atoms with van der Waals surface area (Å²) in [6, 6.07) is 16.5. The highest BCUT2D eigenvalue weighted by Gasteiger charge is 2.13. The Morgan fingerprint density at radius 3 is 2.67 bits per heavy atom. The minimum Gasteiger partial charge on any atom is -0.309 e. The van der Waals surface area contributed by atoms with Crippen molar-refractivity contribution in [2.45, 2.75) is 25.7 Å². The Labute approximate surface area is 126 Å². The van der Waals surface area contributed by atoms with Gasteiger partial charge in [0.15, 0.2) is 5.78 Å². The maximum Gasteiger partial charge on any atom is 0.176 e. The molecule has 0 spiro atoms. The van der Waals surface area contributed by atoms with Crippen molar-refractivity contribution in [3.8, 4) is 0 Å². The Hall–Kier alpha value is -1.93. The van der Waals surface area contributed by atoms with Crippen molar-refractivity contribution < 1.29 is 4.79 Å². The van der Waals surface area contributed by atoms with Crippen LogP contribution in [-0.4, -0.2) is 18.9 Å². The van der Waals surface area contributed by atoms with E-state index in [9.17, 15) is 4.79 Å². The van der Waals surface area contributed by atoms with Crippen molar-refractivity contribution in [3.63, 3.8) is 0 Å². The van der Waals surface area contributed by atoms with E-state index in [1.165, 1.54) is 29.5 Å². The molecule has 0 amide bonds. The summed E-state index contributed by atoms with van der Waals surface area (Å²) in [5.41, 5.74) is 4.94. The standard InChI is InChI=1S/C19H21NO/c21-19(14-20-12-11-15-5-2-1-3-6-15)18-10-9-16-7-4-8-17(16)13-18/h1-3,5-6,9-10,13,20H,4,7-8,11-12,14H2. The monoisotopic (exact) mass is 279 g/mol. The van der Waals surface area contributed by atoms with Gasteiger partial charge in [0.2, 0.25) is 0 Å². The van der Waals surface area contributed by atoms with Gasteiger partial charge in [-0.05, 0) is 55.0 Å². The number of benzene rings is 2. The van der Waals surface area contributed by atoms with E-state index in [1.807, 2.05) is 24.3 Å². The molecule has 1 aliphatic rings. The number of ketones is 1. The first kappa shape index (κ1) is 14.0. The molecule has 2 heteroatoms. The number of hydrogen-bond acceptors (Lipinski definition) is 2. The molecule has 0 saturated heterocycles. The molecule has 2 aromatic carbocycles. The van der Waals surface area contributed by atoms with Crippen molar-refractivity contribution in [3.05, 3.63) is 70.8 Å². The molecule has 0 unspecified atom stereocenters. The molecule has 0 fully saturated rings. The van der Waals surface area contributed by atoms with Crippen molar-refractivity contribution in [1.29, 1.82) is 0 Å². The minimum atomic E-state index is 0.192. The van der Waals surface area contributed by atoms with Gasteiger partial charge in [0.25, 0.3) is 0 Å². The van der Waals surface area contributed by atoms with Crippen LogP contribution in [0, 0.1) is 0 Å². The van der Waals surface area contributed by atoms with Crippen LogP contribution in [0.25, 0.3) is 0 Å². The smallest absolute Gasteiger partial charge is 0.176 e. The summed E-state index contributed by atoms with van der Waals surface area (Å²) in [5.74, 6) is 0.192. The number of aryl methyl sites for hydroxylation is 2. The third kappa shape index (κ3) is 3.59. The molecule has 0 saturated carbocycles. The van der Waals surface area contributed by atoms with E-state index in [0.29, 0.717) is 6.54 Å². The molecule has 0 aliphatic heterocycles. The molecule has 0 atom stereocenters.